The lowest BCUT2D eigenvalue weighted by Crippen LogP contribution is -2.28. The van der Waals surface area contributed by atoms with Crippen LogP contribution in [-0.2, 0) is 14.3 Å². The number of hydrogen-bond donors (Lipinski definition) is 0. The zero-order valence-corrected chi connectivity index (χ0v) is 13.6. The van der Waals surface area contributed by atoms with Crippen LogP contribution in [0.1, 0.15) is 16.9 Å². The van der Waals surface area contributed by atoms with Gasteiger partial charge in [0, 0.05) is 11.8 Å². The van der Waals surface area contributed by atoms with Crippen molar-refractivity contribution in [3.8, 4) is 5.69 Å². The molecule has 7 heteroatoms. The fourth-order valence-electron chi connectivity index (χ4n) is 2.85. The first-order chi connectivity index (χ1) is 12.6. The summed E-state index contributed by atoms with van der Waals surface area (Å²) in [6.07, 6.45) is -0.638. The first-order valence-corrected chi connectivity index (χ1v) is 8.10. The van der Waals surface area contributed by atoms with Crippen molar-refractivity contribution in [2.24, 2.45) is 0 Å². The number of nitrogens with zero attached hydrogens (tertiary/aromatic N) is 2. The Bertz CT molecular complexity index is 1060. The first-order valence-electron chi connectivity index (χ1n) is 8.10. The predicted molar refractivity (Wildman–Crippen MR) is 92.1 cm³/mol. The van der Waals surface area contributed by atoms with E-state index in [0.717, 1.165) is 4.68 Å². The number of ether oxygens (including phenoxy) is 2. The summed E-state index contributed by atoms with van der Waals surface area (Å²) in [4.78, 5) is 37.0. The highest BCUT2D eigenvalue weighted by Gasteiger charge is 2.32. The minimum absolute atomic E-state index is 0.0243. The molecule has 1 aromatic heterocycles. The van der Waals surface area contributed by atoms with Gasteiger partial charge in [0.1, 0.15) is 0 Å². The third kappa shape index (κ3) is 2.73. The van der Waals surface area contributed by atoms with Crippen molar-refractivity contribution < 1.29 is 19.1 Å². The van der Waals surface area contributed by atoms with Gasteiger partial charge in [-0.1, -0.05) is 36.4 Å². The van der Waals surface area contributed by atoms with Gasteiger partial charge in [-0.15, -0.1) is 0 Å². The average molecular weight is 350 g/mol. The van der Waals surface area contributed by atoms with Gasteiger partial charge in [0.25, 0.3) is 5.56 Å². The molecule has 1 fully saturated rings. The molecule has 1 saturated heterocycles. The van der Waals surface area contributed by atoms with E-state index in [-0.39, 0.29) is 17.9 Å². The monoisotopic (exact) mass is 350 g/mol. The van der Waals surface area contributed by atoms with E-state index in [9.17, 15) is 14.4 Å². The van der Waals surface area contributed by atoms with E-state index in [1.54, 1.807) is 48.5 Å². The SMILES string of the molecule is O=C(O[C@@H]1CCOC1=O)c1nn(-c2ccccc2)c(=O)c2ccccc12. The molecule has 7 nitrogen and oxygen atoms in total. The van der Waals surface area contributed by atoms with Crippen molar-refractivity contribution in [2.45, 2.75) is 12.5 Å². The summed E-state index contributed by atoms with van der Waals surface area (Å²) in [5.41, 5.74) is 0.157. The van der Waals surface area contributed by atoms with Crippen molar-refractivity contribution >= 4 is 22.7 Å². The molecule has 2 aromatic carbocycles. The van der Waals surface area contributed by atoms with E-state index >= 15 is 0 Å². The Morgan fingerprint density at radius 3 is 2.42 bits per heavy atom. The Balaban J connectivity index is 1.85. The van der Waals surface area contributed by atoms with Crippen LogP contribution in [0.2, 0.25) is 0 Å². The summed E-state index contributed by atoms with van der Waals surface area (Å²) in [5.74, 6) is -1.34. The van der Waals surface area contributed by atoms with Gasteiger partial charge < -0.3 is 9.47 Å². The zero-order valence-electron chi connectivity index (χ0n) is 13.6. The normalized spacial score (nSPS) is 16.5. The van der Waals surface area contributed by atoms with E-state index in [2.05, 4.69) is 5.10 Å². The number of rotatable bonds is 3. The van der Waals surface area contributed by atoms with Crippen LogP contribution in [0.4, 0.5) is 0 Å². The van der Waals surface area contributed by atoms with Crippen LogP contribution in [-0.4, -0.2) is 34.4 Å². The van der Waals surface area contributed by atoms with Crippen molar-refractivity contribution in [2.75, 3.05) is 6.61 Å². The van der Waals surface area contributed by atoms with E-state index < -0.39 is 18.0 Å². The lowest BCUT2D eigenvalue weighted by molar-refractivity contribution is -0.145. The number of hydrogen-bond acceptors (Lipinski definition) is 6. The topological polar surface area (TPSA) is 87.5 Å². The molecule has 0 N–H and O–H groups in total. The highest BCUT2D eigenvalue weighted by Crippen LogP contribution is 2.18. The number of fused-ring (bicyclic) bond motifs is 1. The minimum atomic E-state index is -0.944. The summed E-state index contributed by atoms with van der Waals surface area (Å²) < 4.78 is 11.2. The fourth-order valence-corrected chi connectivity index (χ4v) is 2.85. The Morgan fingerprint density at radius 1 is 1.04 bits per heavy atom. The number of cyclic esters (lactones) is 1. The molecule has 26 heavy (non-hydrogen) atoms. The van der Waals surface area contributed by atoms with Crippen molar-refractivity contribution in [1.29, 1.82) is 0 Å². The number of benzene rings is 2. The minimum Gasteiger partial charge on any atom is -0.463 e. The standard InChI is InChI=1S/C19H14N2O5/c22-17-14-9-5-4-8-13(14)16(19(24)26-15-10-11-25-18(15)23)20-21(17)12-6-2-1-3-7-12/h1-9,15H,10-11H2/t15-/m1/s1. The van der Waals surface area contributed by atoms with Crippen molar-refractivity contribution in [1.82, 2.24) is 9.78 Å². The molecular weight excluding hydrogens is 336 g/mol. The Labute approximate surface area is 147 Å². The molecule has 3 aromatic rings. The molecule has 0 saturated carbocycles. The van der Waals surface area contributed by atoms with Gasteiger partial charge in [0.05, 0.1) is 17.7 Å². The lowest BCUT2D eigenvalue weighted by atomic mass is 10.1. The van der Waals surface area contributed by atoms with E-state index in [1.807, 2.05) is 6.07 Å². The van der Waals surface area contributed by atoms with Gasteiger partial charge in [0.2, 0.25) is 6.10 Å². The summed E-state index contributed by atoms with van der Waals surface area (Å²) in [6, 6.07) is 15.5. The molecule has 0 spiro atoms. The van der Waals surface area contributed by atoms with Gasteiger partial charge in [-0.3, -0.25) is 4.79 Å². The third-order valence-electron chi connectivity index (χ3n) is 4.14. The van der Waals surface area contributed by atoms with Crippen LogP contribution in [0.15, 0.2) is 59.4 Å². The van der Waals surface area contributed by atoms with E-state index in [1.165, 1.54) is 0 Å². The summed E-state index contributed by atoms with van der Waals surface area (Å²) >= 11 is 0. The van der Waals surface area contributed by atoms with Crippen molar-refractivity contribution in [3.05, 3.63) is 70.6 Å². The molecule has 1 aliphatic rings. The van der Waals surface area contributed by atoms with E-state index in [4.69, 9.17) is 9.47 Å². The van der Waals surface area contributed by atoms with Crippen LogP contribution in [0.25, 0.3) is 16.5 Å². The van der Waals surface area contributed by atoms with Gasteiger partial charge in [-0.25, -0.2) is 9.59 Å². The lowest BCUT2D eigenvalue weighted by Gasteiger charge is -2.12. The second-order valence-electron chi connectivity index (χ2n) is 5.80. The quantitative estimate of drug-likeness (QED) is 0.670. The molecule has 0 unspecified atom stereocenters. The summed E-state index contributed by atoms with van der Waals surface area (Å²) in [5, 5.41) is 4.93. The zero-order chi connectivity index (χ0) is 18.1. The van der Waals surface area contributed by atoms with Gasteiger partial charge in [0.15, 0.2) is 5.69 Å². The Hall–Kier alpha value is -3.48. The van der Waals surface area contributed by atoms with Crippen LogP contribution < -0.4 is 5.56 Å². The summed E-state index contributed by atoms with van der Waals surface area (Å²) in [6.45, 7) is 0.217. The molecule has 0 radical (unpaired) electrons. The van der Waals surface area contributed by atoms with Gasteiger partial charge in [-0.05, 0) is 18.2 Å². The maximum Gasteiger partial charge on any atom is 0.360 e. The van der Waals surface area contributed by atoms with Crippen LogP contribution >= 0.6 is 0 Å². The van der Waals surface area contributed by atoms with Crippen LogP contribution in [0.3, 0.4) is 0 Å². The molecule has 0 bridgehead atoms. The average Bonchev–Trinajstić information content (AvgIpc) is 3.07. The summed E-state index contributed by atoms with van der Waals surface area (Å²) in [7, 11) is 0. The number of carbonyl (C=O) groups excluding carboxylic acids is 2. The number of aromatic nitrogens is 2. The second-order valence-corrected chi connectivity index (χ2v) is 5.80. The largest absolute Gasteiger partial charge is 0.463 e. The fraction of sp³-hybridized carbons (Fsp3) is 0.158. The van der Waals surface area contributed by atoms with E-state index in [0.29, 0.717) is 22.9 Å². The van der Waals surface area contributed by atoms with Gasteiger partial charge in [-0.2, -0.15) is 9.78 Å². The molecule has 1 atom stereocenters. The maximum absolute atomic E-state index is 12.8. The molecule has 0 amide bonds. The Morgan fingerprint density at radius 2 is 1.73 bits per heavy atom. The molecule has 4 rings (SSSR count). The van der Waals surface area contributed by atoms with Crippen LogP contribution in [0.5, 0.6) is 0 Å². The van der Waals surface area contributed by atoms with Crippen LogP contribution in [0, 0.1) is 0 Å². The molecule has 2 heterocycles. The molecular formula is C19H14N2O5. The molecule has 130 valence electrons. The Kier molecular flexibility index (Phi) is 3.96. The maximum atomic E-state index is 12.8. The van der Waals surface area contributed by atoms with Gasteiger partial charge >= 0.3 is 11.9 Å². The molecule has 1 aliphatic heterocycles. The predicted octanol–water partition coefficient (Wildman–Crippen LogP) is 1.86. The molecule has 0 aliphatic carbocycles. The highest BCUT2D eigenvalue weighted by atomic mass is 16.6. The number of esters is 2. The third-order valence-corrected chi connectivity index (χ3v) is 4.14. The highest BCUT2D eigenvalue weighted by molar-refractivity contribution is 6.02. The smallest absolute Gasteiger partial charge is 0.360 e. The number of para-hydroxylation sites is 1. The second kappa shape index (κ2) is 6.44. The number of carbonyl (C=O) groups is 2. The van der Waals surface area contributed by atoms with Crippen molar-refractivity contribution in [3.63, 3.8) is 0 Å². The first kappa shape index (κ1) is 16.0.